The van der Waals surface area contributed by atoms with Crippen LogP contribution in [0.15, 0.2) is 0 Å². The van der Waals surface area contributed by atoms with Gasteiger partial charge in [0.15, 0.2) is 0 Å². The van der Waals surface area contributed by atoms with Gasteiger partial charge in [0.1, 0.15) is 0 Å². The van der Waals surface area contributed by atoms with E-state index in [-0.39, 0.29) is 0 Å². The van der Waals surface area contributed by atoms with Crippen LogP contribution in [0, 0.1) is 40.4 Å². The number of rotatable bonds is 1. The first-order valence-electron chi connectivity index (χ1n) is 10.2. The summed E-state index contributed by atoms with van der Waals surface area (Å²) in [6, 6.07) is 0.396. The minimum absolute atomic E-state index is 0.396. The van der Waals surface area contributed by atoms with Crippen molar-refractivity contribution in [3.63, 3.8) is 0 Å². The second-order valence-corrected chi connectivity index (χ2v) is 9.99. The first-order valence-corrected chi connectivity index (χ1v) is 10.2. The molecule has 0 saturated heterocycles. The summed E-state index contributed by atoms with van der Waals surface area (Å²) >= 11 is 0. The summed E-state index contributed by atoms with van der Waals surface area (Å²) in [5.41, 5.74) is 7.64. The molecule has 4 aliphatic carbocycles. The maximum atomic E-state index is 6.39. The highest BCUT2D eigenvalue weighted by atomic mass is 14.7. The monoisotopic (exact) mass is 303 g/mol. The molecule has 1 nitrogen and oxygen atoms in total. The number of fused-ring (bicyclic) bond motifs is 5. The Balaban J connectivity index is 1.62. The largest absolute Gasteiger partial charge is 0.328 e. The molecule has 4 aliphatic rings. The zero-order chi connectivity index (χ0) is 15.5. The molecule has 2 unspecified atom stereocenters. The molecule has 4 fully saturated rings. The first kappa shape index (κ1) is 15.5. The SMILES string of the molecule is CC(N)[C@H]1CC[C@H]2[C@@H]3CCC4CCCC[C@]4(C)[C@H]3CC[C@]12C. The summed E-state index contributed by atoms with van der Waals surface area (Å²) in [4.78, 5) is 0. The van der Waals surface area contributed by atoms with Gasteiger partial charge in [-0.2, -0.15) is 0 Å². The summed E-state index contributed by atoms with van der Waals surface area (Å²) < 4.78 is 0. The lowest BCUT2D eigenvalue weighted by atomic mass is 9.44. The van der Waals surface area contributed by atoms with Gasteiger partial charge >= 0.3 is 0 Å². The summed E-state index contributed by atoms with van der Waals surface area (Å²) in [5.74, 6) is 4.90. The van der Waals surface area contributed by atoms with E-state index in [4.69, 9.17) is 5.73 Å². The van der Waals surface area contributed by atoms with Gasteiger partial charge in [0.25, 0.3) is 0 Å². The minimum atomic E-state index is 0.396. The second kappa shape index (κ2) is 5.23. The molecule has 0 bridgehead atoms. The highest BCUT2D eigenvalue weighted by molar-refractivity contribution is 5.09. The van der Waals surface area contributed by atoms with Crippen LogP contribution in [0.1, 0.15) is 85.0 Å². The standard InChI is InChI=1S/C21H37N/c1-14(22)17-9-10-18-16-8-7-15-6-4-5-12-20(15,2)19(16)11-13-21(17,18)3/h14-19H,4-13,22H2,1-3H3/t14?,15?,16-,17+,18-,19-,20-,21+/m0/s1. The Hall–Kier alpha value is -0.0400. The zero-order valence-electron chi connectivity index (χ0n) is 15.1. The van der Waals surface area contributed by atoms with Crippen molar-refractivity contribution in [2.45, 2.75) is 91.0 Å². The minimum Gasteiger partial charge on any atom is -0.328 e. The summed E-state index contributed by atoms with van der Waals surface area (Å²) in [6.07, 6.45) is 15.0. The van der Waals surface area contributed by atoms with Crippen molar-refractivity contribution in [2.24, 2.45) is 46.2 Å². The lowest BCUT2D eigenvalue weighted by Gasteiger charge is -2.60. The third-order valence-electron chi connectivity index (χ3n) is 9.29. The van der Waals surface area contributed by atoms with Crippen LogP contribution in [0.2, 0.25) is 0 Å². The van der Waals surface area contributed by atoms with Gasteiger partial charge < -0.3 is 5.73 Å². The molecule has 2 N–H and O–H groups in total. The van der Waals surface area contributed by atoms with E-state index in [0.717, 1.165) is 29.6 Å². The van der Waals surface area contributed by atoms with Gasteiger partial charge in [-0.1, -0.05) is 26.7 Å². The Morgan fingerprint density at radius 3 is 2.36 bits per heavy atom. The number of hydrogen-bond donors (Lipinski definition) is 1. The topological polar surface area (TPSA) is 26.0 Å². The van der Waals surface area contributed by atoms with E-state index in [1.807, 2.05) is 0 Å². The van der Waals surface area contributed by atoms with Crippen molar-refractivity contribution in [3.8, 4) is 0 Å². The van der Waals surface area contributed by atoms with Crippen molar-refractivity contribution < 1.29 is 0 Å². The maximum Gasteiger partial charge on any atom is 0.00440 e. The van der Waals surface area contributed by atoms with E-state index >= 15 is 0 Å². The molecule has 0 aromatic heterocycles. The molecule has 1 heteroatoms. The Morgan fingerprint density at radius 1 is 0.818 bits per heavy atom. The molecule has 126 valence electrons. The lowest BCUT2D eigenvalue weighted by Crippen LogP contribution is -2.53. The third kappa shape index (κ3) is 2.00. The fourth-order valence-corrected chi connectivity index (χ4v) is 8.20. The van der Waals surface area contributed by atoms with Gasteiger partial charge in [0.2, 0.25) is 0 Å². The van der Waals surface area contributed by atoms with E-state index in [2.05, 4.69) is 20.8 Å². The summed E-state index contributed by atoms with van der Waals surface area (Å²) in [5, 5.41) is 0. The molecule has 0 heterocycles. The van der Waals surface area contributed by atoms with Gasteiger partial charge in [-0.05, 0) is 98.7 Å². The van der Waals surface area contributed by atoms with Gasteiger partial charge in [-0.3, -0.25) is 0 Å². The molecule has 4 saturated carbocycles. The second-order valence-electron chi connectivity index (χ2n) is 9.99. The molecule has 0 amide bonds. The highest BCUT2D eigenvalue weighted by Crippen LogP contribution is 2.67. The quantitative estimate of drug-likeness (QED) is 0.691. The Labute approximate surface area is 137 Å². The third-order valence-corrected chi connectivity index (χ3v) is 9.29. The molecular formula is C21H37N. The number of nitrogens with two attached hydrogens (primary N) is 1. The normalized spacial score (nSPS) is 55.9. The van der Waals surface area contributed by atoms with Crippen molar-refractivity contribution in [3.05, 3.63) is 0 Å². The van der Waals surface area contributed by atoms with Crippen molar-refractivity contribution >= 4 is 0 Å². The van der Waals surface area contributed by atoms with Gasteiger partial charge in [-0.25, -0.2) is 0 Å². The van der Waals surface area contributed by atoms with Crippen LogP contribution in [-0.2, 0) is 0 Å². The predicted octanol–water partition coefficient (Wildman–Crippen LogP) is 5.38. The predicted molar refractivity (Wildman–Crippen MR) is 93.5 cm³/mol. The molecule has 0 spiro atoms. The van der Waals surface area contributed by atoms with Gasteiger partial charge in [0.05, 0.1) is 0 Å². The molecule has 0 aromatic rings. The van der Waals surface area contributed by atoms with Crippen molar-refractivity contribution in [1.82, 2.24) is 0 Å². The van der Waals surface area contributed by atoms with Crippen LogP contribution in [0.25, 0.3) is 0 Å². The van der Waals surface area contributed by atoms with Crippen LogP contribution >= 0.6 is 0 Å². The summed E-state index contributed by atoms with van der Waals surface area (Å²) in [7, 11) is 0. The fourth-order valence-electron chi connectivity index (χ4n) is 8.20. The molecular weight excluding hydrogens is 266 g/mol. The molecule has 22 heavy (non-hydrogen) atoms. The van der Waals surface area contributed by atoms with E-state index in [9.17, 15) is 0 Å². The molecule has 0 aromatic carbocycles. The van der Waals surface area contributed by atoms with E-state index in [0.29, 0.717) is 16.9 Å². The molecule has 0 radical (unpaired) electrons. The molecule has 4 rings (SSSR count). The van der Waals surface area contributed by atoms with Gasteiger partial charge in [0, 0.05) is 6.04 Å². The Bertz CT molecular complexity index is 430. The summed E-state index contributed by atoms with van der Waals surface area (Å²) in [6.45, 7) is 7.57. The van der Waals surface area contributed by atoms with Crippen molar-refractivity contribution in [2.75, 3.05) is 0 Å². The first-order chi connectivity index (χ1) is 10.5. The van der Waals surface area contributed by atoms with E-state index in [1.54, 1.807) is 0 Å². The Morgan fingerprint density at radius 2 is 1.59 bits per heavy atom. The van der Waals surface area contributed by atoms with Crippen molar-refractivity contribution in [1.29, 1.82) is 0 Å². The smallest absolute Gasteiger partial charge is 0.00440 e. The Kier molecular flexibility index (Phi) is 3.68. The van der Waals surface area contributed by atoms with E-state index in [1.165, 1.54) is 64.2 Å². The highest BCUT2D eigenvalue weighted by Gasteiger charge is 2.59. The van der Waals surface area contributed by atoms with Gasteiger partial charge in [-0.15, -0.1) is 0 Å². The fraction of sp³-hybridized carbons (Fsp3) is 1.00. The average molecular weight is 304 g/mol. The molecule has 8 atom stereocenters. The number of hydrogen-bond acceptors (Lipinski definition) is 1. The van der Waals surface area contributed by atoms with E-state index < -0.39 is 0 Å². The lowest BCUT2D eigenvalue weighted by molar-refractivity contribution is -0.111. The molecule has 0 aliphatic heterocycles. The van der Waals surface area contributed by atoms with Crippen LogP contribution in [0.4, 0.5) is 0 Å². The van der Waals surface area contributed by atoms with Crippen LogP contribution in [0.3, 0.4) is 0 Å². The van der Waals surface area contributed by atoms with Crippen LogP contribution < -0.4 is 5.73 Å². The average Bonchev–Trinajstić information content (AvgIpc) is 2.84. The maximum absolute atomic E-state index is 6.39. The van der Waals surface area contributed by atoms with Crippen LogP contribution in [0.5, 0.6) is 0 Å². The zero-order valence-corrected chi connectivity index (χ0v) is 15.1. The van der Waals surface area contributed by atoms with Crippen LogP contribution in [-0.4, -0.2) is 6.04 Å².